The Morgan fingerprint density at radius 2 is 1.53 bits per heavy atom. The molecule has 2 aliphatic heterocycles. The van der Waals surface area contributed by atoms with Crippen LogP contribution in [0, 0.1) is 5.92 Å². The highest BCUT2D eigenvalue weighted by atomic mass is 16.5. The van der Waals surface area contributed by atoms with Crippen LogP contribution in [-0.2, 0) is 20.7 Å². The number of piperidine rings is 1. The molecule has 2 aromatic rings. The molecule has 6 nitrogen and oxygen atoms in total. The first-order valence-electron chi connectivity index (χ1n) is 10.9. The zero-order valence-corrected chi connectivity index (χ0v) is 17.9. The minimum absolute atomic E-state index is 0.0207. The van der Waals surface area contributed by atoms with Crippen LogP contribution in [0.1, 0.15) is 32.3 Å². The van der Waals surface area contributed by atoms with Crippen LogP contribution in [0.2, 0.25) is 0 Å². The van der Waals surface area contributed by atoms with Gasteiger partial charge in [-0.05, 0) is 56.5 Å². The van der Waals surface area contributed by atoms with E-state index in [-0.39, 0.29) is 29.9 Å². The molecule has 2 aliphatic rings. The van der Waals surface area contributed by atoms with Crippen LogP contribution in [0.4, 0.5) is 0 Å². The molecule has 160 valence electrons. The number of carbonyl (C=O) groups is 2. The van der Waals surface area contributed by atoms with E-state index < -0.39 is 0 Å². The largest absolute Gasteiger partial charge is 0.372 e. The number of hydrogen-bond acceptors (Lipinski definition) is 3. The summed E-state index contributed by atoms with van der Waals surface area (Å²) in [5.74, 6) is 0.389. The average Bonchev–Trinajstić information content (AvgIpc) is 3.28. The molecule has 1 aromatic heterocycles. The van der Waals surface area contributed by atoms with E-state index in [9.17, 15) is 9.59 Å². The van der Waals surface area contributed by atoms with Crippen molar-refractivity contribution in [3.63, 3.8) is 0 Å². The van der Waals surface area contributed by atoms with E-state index >= 15 is 0 Å². The molecule has 0 N–H and O–H groups in total. The van der Waals surface area contributed by atoms with Crippen molar-refractivity contribution in [3.05, 3.63) is 54.4 Å². The molecule has 0 radical (unpaired) electrons. The van der Waals surface area contributed by atoms with Crippen molar-refractivity contribution >= 4 is 11.8 Å². The molecule has 0 saturated carbocycles. The zero-order chi connectivity index (χ0) is 21.1. The van der Waals surface area contributed by atoms with Crippen molar-refractivity contribution in [2.24, 2.45) is 5.92 Å². The number of benzene rings is 1. The summed E-state index contributed by atoms with van der Waals surface area (Å²) in [7, 11) is 0. The third-order valence-electron chi connectivity index (χ3n) is 6.12. The van der Waals surface area contributed by atoms with Gasteiger partial charge in [0, 0.05) is 50.2 Å². The maximum atomic E-state index is 12.9. The lowest BCUT2D eigenvalue weighted by Gasteiger charge is -2.39. The number of hydrogen-bond donors (Lipinski definition) is 0. The predicted molar refractivity (Wildman–Crippen MR) is 115 cm³/mol. The standard InChI is InChI=1S/C24H31N3O3/c1-18-16-27(17-19(2)30-18)24(29)21-9-13-26(14-10-21)23(28)15-20-5-7-22(8-6-20)25-11-3-4-12-25/h3-8,11-12,18-19,21H,9-10,13-17H2,1-2H3. The second kappa shape index (κ2) is 9.04. The number of likely N-dealkylation sites (tertiary alicyclic amines) is 1. The molecule has 4 rings (SSSR count). The van der Waals surface area contributed by atoms with Crippen LogP contribution < -0.4 is 0 Å². The van der Waals surface area contributed by atoms with Crippen LogP contribution in [-0.4, -0.2) is 64.6 Å². The molecular weight excluding hydrogens is 378 g/mol. The van der Waals surface area contributed by atoms with Crippen molar-refractivity contribution in [1.82, 2.24) is 14.4 Å². The van der Waals surface area contributed by atoms with Crippen LogP contribution in [0.3, 0.4) is 0 Å². The van der Waals surface area contributed by atoms with E-state index in [0.717, 1.165) is 24.1 Å². The molecule has 2 amide bonds. The summed E-state index contributed by atoms with van der Waals surface area (Å²) >= 11 is 0. The number of morpholine rings is 1. The van der Waals surface area contributed by atoms with Crippen LogP contribution in [0.5, 0.6) is 0 Å². The van der Waals surface area contributed by atoms with E-state index in [0.29, 0.717) is 32.6 Å². The first kappa shape index (κ1) is 20.7. The maximum Gasteiger partial charge on any atom is 0.226 e. The van der Waals surface area contributed by atoms with Gasteiger partial charge >= 0.3 is 0 Å². The van der Waals surface area contributed by atoms with Gasteiger partial charge in [-0.25, -0.2) is 0 Å². The Labute approximate surface area is 178 Å². The Balaban J connectivity index is 1.27. The third-order valence-corrected chi connectivity index (χ3v) is 6.12. The lowest BCUT2D eigenvalue weighted by atomic mass is 9.94. The smallest absolute Gasteiger partial charge is 0.226 e. The molecule has 0 aliphatic carbocycles. The summed E-state index contributed by atoms with van der Waals surface area (Å²) in [5, 5.41) is 0. The number of nitrogens with zero attached hydrogens (tertiary/aromatic N) is 3. The van der Waals surface area contributed by atoms with Gasteiger partial charge in [-0.3, -0.25) is 9.59 Å². The zero-order valence-electron chi connectivity index (χ0n) is 17.9. The van der Waals surface area contributed by atoms with Gasteiger partial charge in [0.05, 0.1) is 18.6 Å². The van der Waals surface area contributed by atoms with E-state index in [4.69, 9.17) is 4.74 Å². The highest BCUT2D eigenvalue weighted by Gasteiger charge is 2.33. The normalized spacial score (nSPS) is 22.9. The van der Waals surface area contributed by atoms with E-state index in [1.54, 1.807) is 0 Å². The fourth-order valence-corrected chi connectivity index (χ4v) is 4.57. The molecule has 2 fully saturated rings. The summed E-state index contributed by atoms with van der Waals surface area (Å²) in [6, 6.07) is 12.1. The highest BCUT2D eigenvalue weighted by Crippen LogP contribution is 2.23. The Kier molecular flexibility index (Phi) is 6.23. The number of ether oxygens (including phenoxy) is 1. The highest BCUT2D eigenvalue weighted by molar-refractivity contribution is 5.81. The summed E-state index contributed by atoms with van der Waals surface area (Å²) < 4.78 is 7.78. The van der Waals surface area contributed by atoms with Crippen molar-refractivity contribution in [2.75, 3.05) is 26.2 Å². The van der Waals surface area contributed by atoms with Crippen molar-refractivity contribution in [3.8, 4) is 5.69 Å². The number of carbonyl (C=O) groups excluding carboxylic acids is 2. The number of aromatic nitrogens is 1. The van der Waals surface area contributed by atoms with E-state index in [1.807, 2.05) is 77.0 Å². The quantitative estimate of drug-likeness (QED) is 0.780. The number of rotatable bonds is 4. The lowest BCUT2D eigenvalue weighted by Crippen LogP contribution is -2.51. The summed E-state index contributed by atoms with van der Waals surface area (Å²) in [5.41, 5.74) is 2.10. The molecule has 0 bridgehead atoms. The van der Waals surface area contributed by atoms with Gasteiger partial charge in [-0.1, -0.05) is 12.1 Å². The molecule has 3 heterocycles. The van der Waals surface area contributed by atoms with Crippen molar-refractivity contribution in [1.29, 1.82) is 0 Å². The molecule has 2 unspecified atom stereocenters. The fourth-order valence-electron chi connectivity index (χ4n) is 4.57. The Morgan fingerprint density at radius 1 is 0.933 bits per heavy atom. The van der Waals surface area contributed by atoms with Gasteiger partial charge in [-0.15, -0.1) is 0 Å². The van der Waals surface area contributed by atoms with Crippen LogP contribution in [0.25, 0.3) is 5.69 Å². The fraction of sp³-hybridized carbons (Fsp3) is 0.500. The van der Waals surface area contributed by atoms with E-state index in [1.165, 1.54) is 0 Å². The van der Waals surface area contributed by atoms with Gasteiger partial charge in [0.1, 0.15) is 0 Å². The first-order valence-corrected chi connectivity index (χ1v) is 10.9. The summed E-state index contributed by atoms with van der Waals surface area (Å²) in [6.07, 6.45) is 6.08. The SMILES string of the molecule is CC1CN(C(=O)C2CCN(C(=O)Cc3ccc(-n4cccc4)cc3)CC2)CC(C)O1. The topological polar surface area (TPSA) is 54.8 Å². The minimum atomic E-state index is 0.0207. The molecule has 2 saturated heterocycles. The molecule has 0 spiro atoms. The summed E-state index contributed by atoms with van der Waals surface area (Å²) in [6.45, 7) is 6.69. The third kappa shape index (κ3) is 4.75. The van der Waals surface area contributed by atoms with Gasteiger partial charge in [0.2, 0.25) is 11.8 Å². The first-order chi connectivity index (χ1) is 14.5. The lowest BCUT2D eigenvalue weighted by molar-refractivity contribution is -0.150. The van der Waals surface area contributed by atoms with Gasteiger partial charge < -0.3 is 19.1 Å². The molecule has 1 aromatic carbocycles. The van der Waals surface area contributed by atoms with Gasteiger partial charge in [0.15, 0.2) is 0 Å². The van der Waals surface area contributed by atoms with Crippen molar-refractivity contribution in [2.45, 2.75) is 45.3 Å². The van der Waals surface area contributed by atoms with Gasteiger partial charge in [0.25, 0.3) is 0 Å². The van der Waals surface area contributed by atoms with E-state index in [2.05, 4.69) is 0 Å². The Bertz CT molecular complexity index is 844. The predicted octanol–water partition coefficient (Wildman–Crippen LogP) is 2.89. The molecule has 2 atom stereocenters. The molecule has 6 heteroatoms. The van der Waals surface area contributed by atoms with Gasteiger partial charge in [-0.2, -0.15) is 0 Å². The molecular formula is C24H31N3O3. The van der Waals surface area contributed by atoms with Crippen molar-refractivity contribution < 1.29 is 14.3 Å². The monoisotopic (exact) mass is 409 g/mol. The van der Waals surface area contributed by atoms with Crippen LogP contribution in [0.15, 0.2) is 48.8 Å². The summed E-state index contributed by atoms with van der Waals surface area (Å²) in [4.78, 5) is 29.5. The Morgan fingerprint density at radius 3 is 2.13 bits per heavy atom. The second-order valence-electron chi connectivity index (χ2n) is 8.59. The Hall–Kier alpha value is -2.60. The average molecular weight is 410 g/mol. The maximum absolute atomic E-state index is 12.9. The second-order valence-corrected chi connectivity index (χ2v) is 8.59. The molecule has 30 heavy (non-hydrogen) atoms. The number of amides is 2. The minimum Gasteiger partial charge on any atom is -0.372 e. The van der Waals surface area contributed by atoms with Crippen LogP contribution >= 0.6 is 0 Å².